The van der Waals surface area contributed by atoms with Crippen molar-refractivity contribution in [1.82, 2.24) is 14.3 Å². The second-order valence-electron chi connectivity index (χ2n) is 5.00. The average Bonchev–Trinajstić information content (AvgIpc) is 2.47. The Morgan fingerprint density at radius 1 is 1.38 bits per heavy atom. The van der Waals surface area contributed by atoms with Crippen LogP contribution in [0.5, 0.6) is 5.88 Å². The van der Waals surface area contributed by atoms with Gasteiger partial charge in [-0.3, -0.25) is 9.20 Å². The number of amides is 1. The van der Waals surface area contributed by atoms with Crippen LogP contribution in [0.1, 0.15) is 25.3 Å². The molecule has 0 aliphatic heterocycles. The molecule has 0 N–H and O–H groups in total. The van der Waals surface area contributed by atoms with E-state index in [9.17, 15) is 9.59 Å². The molecule has 0 aliphatic carbocycles. The van der Waals surface area contributed by atoms with E-state index in [-0.39, 0.29) is 11.4 Å². The lowest BCUT2D eigenvalue weighted by atomic mass is 10.1. The van der Waals surface area contributed by atoms with Crippen molar-refractivity contribution >= 4 is 11.7 Å². The van der Waals surface area contributed by atoms with Gasteiger partial charge in [-0.05, 0) is 25.0 Å². The summed E-state index contributed by atoms with van der Waals surface area (Å²) in [6, 6.07) is 5.26. The van der Waals surface area contributed by atoms with Gasteiger partial charge in [0.15, 0.2) is 0 Å². The van der Waals surface area contributed by atoms with Gasteiger partial charge in [-0.15, -0.1) is 0 Å². The van der Waals surface area contributed by atoms with E-state index in [2.05, 4.69) is 4.98 Å². The van der Waals surface area contributed by atoms with Crippen LogP contribution in [0.4, 0.5) is 4.79 Å². The molecule has 2 aromatic heterocycles. The Labute approximate surface area is 123 Å². The zero-order valence-corrected chi connectivity index (χ0v) is 12.5. The van der Waals surface area contributed by atoms with Crippen molar-refractivity contribution in [3.63, 3.8) is 0 Å². The monoisotopic (exact) mass is 289 g/mol. The number of pyridine rings is 1. The molecule has 0 fully saturated rings. The van der Waals surface area contributed by atoms with Gasteiger partial charge in [0.1, 0.15) is 5.65 Å². The van der Waals surface area contributed by atoms with E-state index >= 15 is 0 Å². The summed E-state index contributed by atoms with van der Waals surface area (Å²) in [4.78, 5) is 29.9. The molecule has 112 valence electrons. The van der Waals surface area contributed by atoms with Crippen molar-refractivity contribution in [3.05, 3.63) is 40.3 Å². The fraction of sp³-hybridized carbons (Fsp3) is 0.400. The van der Waals surface area contributed by atoms with Crippen LogP contribution in [-0.2, 0) is 6.42 Å². The van der Waals surface area contributed by atoms with E-state index in [1.807, 2.05) is 6.92 Å². The second-order valence-corrected chi connectivity index (χ2v) is 5.00. The molecule has 6 nitrogen and oxygen atoms in total. The van der Waals surface area contributed by atoms with Gasteiger partial charge in [0.2, 0.25) is 5.88 Å². The summed E-state index contributed by atoms with van der Waals surface area (Å²) in [5, 5.41) is 0. The largest absolute Gasteiger partial charge is 0.416 e. The zero-order valence-electron chi connectivity index (χ0n) is 12.5. The number of unbranched alkanes of at least 4 members (excludes halogenated alkanes) is 1. The third-order valence-electron chi connectivity index (χ3n) is 3.12. The molecule has 2 aromatic rings. The van der Waals surface area contributed by atoms with Crippen molar-refractivity contribution in [3.8, 4) is 5.88 Å². The summed E-state index contributed by atoms with van der Waals surface area (Å²) < 4.78 is 6.73. The first-order valence-corrected chi connectivity index (χ1v) is 6.94. The van der Waals surface area contributed by atoms with Gasteiger partial charge < -0.3 is 9.64 Å². The summed E-state index contributed by atoms with van der Waals surface area (Å²) in [6.45, 7) is 2.04. The van der Waals surface area contributed by atoms with Crippen LogP contribution >= 0.6 is 0 Å². The molecule has 6 heteroatoms. The molecule has 2 rings (SSSR count). The van der Waals surface area contributed by atoms with Crippen molar-refractivity contribution in [1.29, 1.82) is 0 Å². The van der Waals surface area contributed by atoms with Gasteiger partial charge in [-0.1, -0.05) is 19.4 Å². The molecular weight excluding hydrogens is 270 g/mol. The number of carbonyl (C=O) groups is 1. The van der Waals surface area contributed by atoms with E-state index in [0.29, 0.717) is 17.6 Å². The summed E-state index contributed by atoms with van der Waals surface area (Å²) in [6.07, 6.45) is 3.44. The fourth-order valence-electron chi connectivity index (χ4n) is 1.93. The number of hydrogen-bond acceptors (Lipinski definition) is 4. The molecule has 0 atom stereocenters. The molecule has 2 heterocycles. The molecule has 0 radical (unpaired) electrons. The van der Waals surface area contributed by atoms with E-state index < -0.39 is 6.09 Å². The average molecular weight is 289 g/mol. The van der Waals surface area contributed by atoms with Crippen LogP contribution < -0.4 is 10.3 Å². The molecular formula is C15H19N3O3. The van der Waals surface area contributed by atoms with Crippen molar-refractivity contribution < 1.29 is 9.53 Å². The van der Waals surface area contributed by atoms with Crippen LogP contribution in [0.3, 0.4) is 0 Å². The SMILES string of the molecule is CCCCc1c(OC(=O)N(C)C)nc2ccccn2c1=O. The summed E-state index contributed by atoms with van der Waals surface area (Å²) in [5.74, 6) is 0.110. The van der Waals surface area contributed by atoms with Gasteiger partial charge in [-0.2, -0.15) is 4.98 Å². The van der Waals surface area contributed by atoms with Gasteiger partial charge in [0.25, 0.3) is 5.56 Å². The first-order valence-electron chi connectivity index (χ1n) is 6.94. The maximum atomic E-state index is 12.5. The van der Waals surface area contributed by atoms with Gasteiger partial charge >= 0.3 is 6.09 Å². The molecule has 0 aliphatic rings. The van der Waals surface area contributed by atoms with Crippen LogP contribution in [0.15, 0.2) is 29.2 Å². The minimum atomic E-state index is -0.542. The third kappa shape index (κ3) is 3.21. The van der Waals surface area contributed by atoms with Gasteiger partial charge in [0, 0.05) is 20.3 Å². The van der Waals surface area contributed by atoms with Gasteiger partial charge in [-0.25, -0.2) is 4.79 Å². The van der Waals surface area contributed by atoms with Gasteiger partial charge in [0.05, 0.1) is 5.56 Å². The highest BCUT2D eigenvalue weighted by atomic mass is 16.6. The molecule has 21 heavy (non-hydrogen) atoms. The highest BCUT2D eigenvalue weighted by Crippen LogP contribution is 2.16. The predicted molar refractivity (Wildman–Crippen MR) is 79.8 cm³/mol. The Bertz CT molecular complexity index is 707. The smallest absolute Gasteiger partial charge is 0.391 e. The Hall–Kier alpha value is -2.37. The minimum Gasteiger partial charge on any atom is -0.391 e. The summed E-state index contributed by atoms with van der Waals surface area (Å²) >= 11 is 0. The van der Waals surface area contributed by atoms with Crippen molar-refractivity contribution in [2.24, 2.45) is 0 Å². The summed E-state index contributed by atoms with van der Waals surface area (Å²) in [5.41, 5.74) is 0.718. The standard InChI is InChI=1S/C15H19N3O3/c1-4-5-8-11-13(21-15(20)17(2)3)16-12-9-6-7-10-18(12)14(11)19/h6-7,9-10H,4-5,8H2,1-3H3. The topological polar surface area (TPSA) is 63.9 Å². The van der Waals surface area contributed by atoms with Crippen LogP contribution in [-0.4, -0.2) is 34.5 Å². The quantitative estimate of drug-likeness (QED) is 0.864. The Morgan fingerprint density at radius 2 is 2.14 bits per heavy atom. The lowest BCUT2D eigenvalue weighted by Gasteiger charge is -2.13. The summed E-state index contributed by atoms with van der Waals surface area (Å²) in [7, 11) is 3.17. The number of rotatable bonds is 4. The normalized spacial score (nSPS) is 10.6. The first-order chi connectivity index (χ1) is 10.0. The maximum Gasteiger partial charge on any atom is 0.416 e. The fourth-order valence-corrected chi connectivity index (χ4v) is 1.93. The number of nitrogens with zero attached hydrogens (tertiary/aromatic N) is 3. The van der Waals surface area contributed by atoms with E-state index in [0.717, 1.165) is 12.8 Å². The second kappa shape index (κ2) is 6.39. The lowest BCUT2D eigenvalue weighted by molar-refractivity contribution is 0.169. The van der Waals surface area contributed by atoms with E-state index in [4.69, 9.17) is 4.74 Å². The van der Waals surface area contributed by atoms with E-state index in [1.54, 1.807) is 38.5 Å². The van der Waals surface area contributed by atoms with Crippen LogP contribution in [0.2, 0.25) is 0 Å². The van der Waals surface area contributed by atoms with Crippen LogP contribution in [0.25, 0.3) is 5.65 Å². The number of aromatic nitrogens is 2. The van der Waals surface area contributed by atoms with E-state index in [1.165, 1.54) is 9.30 Å². The van der Waals surface area contributed by atoms with Crippen molar-refractivity contribution in [2.75, 3.05) is 14.1 Å². The van der Waals surface area contributed by atoms with Crippen LogP contribution in [0, 0.1) is 0 Å². The molecule has 1 amide bonds. The molecule has 0 unspecified atom stereocenters. The number of carbonyl (C=O) groups excluding carboxylic acids is 1. The first kappa shape index (κ1) is 15.0. The number of hydrogen-bond donors (Lipinski definition) is 0. The zero-order chi connectivity index (χ0) is 15.4. The minimum absolute atomic E-state index is 0.110. The molecule has 0 saturated carbocycles. The maximum absolute atomic E-state index is 12.5. The number of ether oxygens (including phenoxy) is 1. The molecule has 0 bridgehead atoms. The number of fused-ring (bicyclic) bond motifs is 1. The lowest BCUT2D eigenvalue weighted by Crippen LogP contribution is -2.28. The molecule has 0 spiro atoms. The van der Waals surface area contributed by atoms with Crippen molar-refractivity contribution in [2.45, 2.75) is 26.2 Å². The highest BCUT2D eigenvalue weighted by Gasteiger charge is 2.17. The third-order valence-corrected chi connectivity index (χ3v) is 3.12. The Morgan fingerprint density at radius 3 is 2.81 bits per heavy atom. The highest BCUT2D eigenvalue weighted by molar-refractivity contribution is 5.70. The molecule has 0 saturated heterocycles. The molecule has 0 aromatic carbocycles. The Kier molecular flexibility index (Phi) is 4.57. The predicted octanol–water partition coefficient (Wildman–Crippen LogP) is 2.10. The Balaban J connectivity index is 2.54.